The number of nitrogens with two attached hydrogens (primary N) is 1. The molecule has 1 aromatic rings. The number of hydrogen-bond donors (Lipinski definition) is 2. The van der Waals surface area contributed by atoms with Gasteiger partial charge in [-0.15, -0.1) is 0 Å². The smallest absolute Gasteiger partial charge is 0.238 e. The van der Waals surface area contributed by atoms with Gasteiger partial charge in [0.15, 0.2) is 0 Å². The highest BCUT2D eigenvalue weighted by Gasteiger charge is 2.37. The Morgan fingerprint density at radius 3 is 2.62 bits per heavy atom. The van der Waals surface area contributed by atoms with Gasteiger partial charge in [0, 0.05) is 37.7 Å². The molecule has 1 atom stereocenters. The Hall–Kier alpha value is -2.26. The van der Waals surface area contributed by atoms with Crippen LogP contribution in [0.1, 0.15) is 40.0 Å². The normalized spacial score (nSPS) is 17.9. The summed E-state index contributed by atoms with van der Waals surface area (Å²) in [6, 6.07) is 9.59. The van der Waals surface area contributed by atoms with Crippen LogP contribution in [0.2, 0.25) is 0 Å². The predicted octanol–water partition coefficient (Wildman–Crippen LogP) is 2.44. The van der Waals surface area contributed by atoms with Gasteiger partial charge in [-0.1, -0.05) is 26.8 Å². The molecule has 0 aromatic heterocycles. The Labute approximate surface area is 156 Å². The zero-order chi connectivity index (χ0) is 19.4. The van der Waals surface area contributed by atoms with Crippen molar-refractivity contribution in [3.05, 3.63) is 24.3 Å². The summed E-state index contributed by atoms with van der Waals surface area (Å²) in [5.74, 6) is 0.567. The molecule has 0 bridgehead atoms. The Balaban J connectivity index is 2.00. The van der Waals surface area contributed by atoms with Crippen molar-refractivity contribution in [1.29, 1.82) is 5.26 Å². The molecule has 0 saturated carbocycles. The number of nitrogens with one attached hydrogen (secondary N) is 1. The van der Waals surface area contributed by atoms with Crippen molar-refractivity contribution in [2.24, 2.45) is 11.1 Å². The van der Waals surface area contributed by atoms with Gasteiger partial charge in [0.25, 0.3) is 0 Å². The fourth-order valence-electron chi connectivity index (χ4n) is 3.30. The quantitative estimate of drug-likeness (QED) is 0.843. The van der Waals surface area contributed by atoms with E-state index >= 15 is 0 Å². The summed E-state index contributed by atoms with van der Waals surface area (Å²) in [7, 11) is 1.65. The van der Waals surface area contributed by atoms with E-state index in [2.05, 4.69) is 16.3 Å². The standard InChI is InChI=1S/C20H30N4O2/c1-19(2,3)13-17(22)18(25)23-20(14-21)8-10-24(11-9-20)15-6-5-7-16(12-15)26-4/h5-7,12,17H,8-11,13,22H2,1-4H3,(H,23,25). The minimum Gasteiger partial charge on any atom is -0.497 e. The number of rotatable bonds is 5. The van der Waals surface area contributed by atoms with E-state index in [1.54, 1.807) is 7.11 Å². The zero-order valence-corrected chi connectivity index (χ0v) is 16.2. The van der Waals surface area contributed by atoms with Gasteiger partial charge in [0.05, 0.1) is 19.2 Å². The molecule has 1 fully saturated rings. The van der Waals surface area contributed by atoms with E-state index in [0.717, 1.165) is 11.4 Å². The van der Waals surface area contributed by atoms with Crippen LogP contribution >= 0.6 is 0 Å². The second kappa shape index (κ2) is 7.96. The molecule has 1 aliphatic heterocycles. The molecular formula is C20H30N4O2. The summed E-state index contributed by atoms with van der Waals surface area (Å²) >= 11 is 0. The highest BCUT2D eigenvalue weighted by atomic mass is 16.5. The molecular weight excluding hydrogens is 328 g/mol. The lowest BCUT2D eigenvalue weighted by Gasteiger charge is -2.39. The minimum atomic E-state index is -0.845. The van der Waals surface area contributed by atoms with E-state index < -0.39 is 11.6 Å². The average Bonchev–Trinajstić information content (AvgIpc) is 2.61. The van der Waals surface area contributed by atoms with Crippen molar-refractivity contribution < 1.29 is 9.53 Å². The third kappa shape index (κ3) is 5.12. The Bertz CT molecular complexity index is 667. The van der Waals surface area contributed by atoms with Gasteiger partial charge in [0.1, 0.15) is 11.3 Å². The monoisotopic (exact) mass is 358 g/mol. The molecule has 6 nitrogen and oxygen atoms in total. The van der Waals surface area contributed by atoms with Gasteiger partial charge in [-0.25, -0.2) is 0 Å². The van der Waals surface area contributed by atoms with E-state index in [4.69, 9.17) is 10.5 Å². The molecule has 26 heavy (non-hydrogen) atoms. The molecule has 1 aliphatic rings. The molecule has 1 amide bonds. The molecule has 0 aliphatic carbocycles. The molecule has 1 unspecified atom stereocenters. The zero-order valence-electron chi connectivity index (χ0n) is 16.2. The molecule has 2 rings (SSSR count). The maximum Gasteiger partial charge on any atom is 0.238 e. The fourth-order valence-corrected chi connectivity index (χ4v) is 3.30. The third-order valence-corrected chi connectivity index (χ3v) is 4.78. The van der Waals surface area contributed by atoms with E-state index in [0.29, 0.717) is 32.4 Å². The number of hydrogen-bond acceptors (Lipinski definition) is 5. The first-order valence-electron chi connectivity index (χ1n) is 9.06. The fraction of sp³-hybridized carbons (Fsp3) is 0.600. The topological polar surface area (TPSA) is 91.4 Å². The van der Waals surface area contributed by atoms with Gasteiger partial charge in [-0.2, -0.15) is 5.26 Å². The number of amides is 1. The van der Waals surface area contributed by atoms with Crippen molar-refractivity contribution in [2.45, 2.75) is 51.6 Å². The Morgan fingerprint density at radius 2 is 2.08 bits per heavy atom. The number of anilines is 1. The summed E-state index contributed by atoms with van der Waals surface area (Å²) in [6.07, 6.45) is 1.71. The van der Waals surface area contributed by atoms with Crippen LogP contribution in [0.5, 0.6) is 5.75 Å². The first kappa shape index (κ1) is 20.1. The average molecular weight is 358 g/mol. The highest BCUT2D eigenvalue weighted by Crippen LogP contribution is 2.28. The summed E-state index contributed by atoms with van der Waals surface area (Å²) in [5.41, 5.74) is 6.22. The minimum absolute atomic E-state index is 0.0354. The number of ether oxygens (including phenoxy) is 1. The van der Waals surface area contributed by atoms with Crippen LogP contribution in [0.4, 0.5) is 5.69 Å². The van der Waals surface area contributed by atoms with Gasteiger partial charge in [-0.3, -0.25) is 4.79 Å². The number of nitriles is 1. The molecule has 0 radical (unpaired) electrons. The number of carbonyl (C=O) groups excluding carboxylic acids is 1. The third-order valence-electron chi connectivity index (χ3n) is 4.78. The summed E-state index contributed by atoms with van der Waals surface area (Å²) < 4.78 is 5.28. The van der Waals surface area contributed by atoms with Crippen LogP contribution in [-0.2, 0) is 4.79 Å². The highest BCUT2D eigenvalue weighted by molar-refractivity contribution is 5.82. The second-order valence-corrected chi connectivity index (χ2v) is 8.24. The number of methoxy groups -OCH3 is 1. The van der Waals surface area contributed by atoms with Crippen LogP contribution in [0.25, 0.3) is 0 Å². The van der Waals surface area contributed by atoms with E-state index in [9.17, 15) is 10.1 Å². The van der Waals surface area contributed by atoms with E-state index in [1.807, 2.05) is 45.0 Å². The largest absolute Gasteiger partial charge is 0.497 e. The summed E-state index contributed by atoms with van der Waals surface area (Å²) in [6.45, 7) is 7.53. The van der Waals surface area contributed by atoms with Gasteiger partial charge < -0.3 is 20.7 Å². The first-order valence-corrected chi connectivity index (χ1v) is 9.06. The summed E-state index contributed by atoms with van der Waals surface area (Å²) in [5, 5.41) is 12.6. The SMILES string of the molecule is COc1cccc(N2CCC(C#N)(NC(=O)C(N)CC(C)(C)C)CC2)c1. The number of benzene rings is 1. The van der Waals surface area contributed by atoms with Gasteiger partial charge in [0.2, 0.25) is 5.91 Å². The van der Waals surface area contributed by atoms with Crippen LogP contribution < -0.4 is 20.7 Å². The number of piperidine rings is 1. The van der Waals surface area contributed by atoms with Crippen LogP contribution in [0.15, 0.2) is 24.3 Å². The second-order valence-electron chi connectivity index (χ2n) is 8.24. The molecule has 1 saturated heterocycles. The van der Waals surface area contributed by atoms with Crippen molar-refractivity contribution in [1.82, 2.24) is 5.32 Å². The van der Waals surface area contributed by atoms with Gasteiger partial charge >= 0.3 is 0 Å². The first-order chi connectivity index (χ1) is 12.2. The molecule has 0 spiro atoms. The molecule has 3 N–H and O–H groups in total. The van der Waals surface area contributed by atoms with Crippen LogP contribution in [0, 0.1) is 16.7 Å². The van der Waals surface area contributed by atoms with Crippen molar-refractivity contribution >= 4 is 11.6 Å². The van der Waals surface area contributed by atoms with Gasteiger partial charge in [-0.05, 0) is 24.0 Å². The lowest BCUT2D eigenvalue weighted by Crippen LogP contribution is -2.58. The summed E-state index contributed by atoms with van der Waals surface area (Å²) in [4.78, 5) is 14.7. The van der Waals surface area contributed by atoms with Crippen molar-refractivity contribution in [3.8, 4) is 11.8 Å². The van der Waals surface area contributed by atoms with E-state index in [1.165, 1.54) is 0 Å². The number of carbonyl (C=O) groups is 1. The Morgan fingerprint density at radius 1 is 1.42 bits per heavy atom. The maximum atomic E-state index is 12.5. The van der Waals surface area contributed by atoms with Crippen molar-refractivity contribution in [2.75, 3.05) is 25.1 Å². The van der Waals surface area contributed by atoms with Crippen molar-refractivity contribution in [3.63, 3.8) is 0 Å². The molecule has 1 aromatic carbocycles. The molecule has 1 heterocycles. The number of nitrogens with zero attached hydrogens (tertiary/aromatic N) is 2. The Kier molecular flexibility index (Phi) is 6.14. The lowest BCUT2D eigenvalue weighted by atomic mass is 9.86. The predicted molar refractivity (Wildman–Crippen MR) is 103 cm³/mol. The van der Waals surface area contributed by atoms with E-state index in [-0.39, 0.29) is 11.3 Å². The van der Waals surface area contributed by atoms with Crippen LogP contribution in [0.3, 0.4) is 0 Å². The molecule has 6 heteroatoms. The lowest BCUT2D eigenvalue weighted by molar-refractivity contribution is -0.124. The maximum absolute atomic E-state index is 12.5. The molecule has 142 valence electrons. The van der Waals surface area contributed by atoms with Crippen LogP contribution in [-0.4, -0.2) is 37.7 Å².